The van der Waals surface area contributed by atoms with Crippen LogP contribution in [-0.2, 0) is 6.42 Å². The molecule has 132 valence electrons. The smallest absolute Gasteiger partial charge is 0.191 e. The summed E-state index contributed by atoms with van der Waals surface area (Å²) in [5.41, 5.74) is 1.16. The molecule has 1 aromatic rings. The zero-order valence-electron chi connectivity index (χ0n) is 14.5. The Morgan fingerprint density at radius 1 is 1.43 bits per heavy atom. The molecule has 0 aliphatic carbocycles. The van der Waals surface area contributed by atoms with Gasteiger partial charge in [-0.15, -0.1) is 35.3 Å². The van der Waals surface area contributed by atoms with Gasteiger partial charge in [-0.25, -0.2) is 4.98 Å². The minimum absolute atomic E-state index is 0. The fourth-order valence-corrected chi connectivity index (χ4v) is 3.62. The van der Waals surface area contributed by atoms with Crippen molar-refractivity contribution in [3.8, 4) is 0 Å². The number of likely N-dealkylation sites (N-methyl/N-ethyl adjacent to an activating group) is 1. The molecule has 5 nitrogen and oxygen atoms in total. The van der Waals surface area contributed by atoms with Gasteiger partial charge in [0.05, 0.1) is 10.7 Å². The Kier molecular flexibility index (Phi) is 10.0. The lowest BCUT2D eigenvalue weighted by Gasteiger charge is -2.35. The van der Waals surface area contributed by atoms with Gasteiger partial charge in [-0.2, -0.15) is 0 Å². The molecule has 0 amide bonds. The summed E-state index contributed by atoms with van der Waals surface area (Å²) >= 11 is 1.71. The second-order valence-electron chi connectivity index (χ2n) is 5.77. The second-order valence-corrected chi connectivity index (χ2v) is 6.83. The number of nitrogens with zero attached hydrogens (tertiary/aromatic N) is 3. The molecule has 1 aliphatic heterocycles. The van der Waals surface area contributed by atoms with E-state index in [1.807, 2.05) is 14.0 Å². The molecule has 1 aliphatic rings. The molecule has 0 aromatic carbocycles. The molecule has 23 heavy (non-hydrogen) atoms. The monoisotopic (exact) mass is 451 g/mol. The maximum absolute atomic E-state index is 4.49. The lowest BCUT2D eigenvalue weighted by atomic mass is 10.0. The van der Waals surface area contributed by atoms with E-state index in [-0.39, 0.29) is 24.0 Å². The summed E-state index contributed by atoms with van der Waals surface area (Å²) in [6.45, 7) is 8.51. The van der Waals surface area contributed by atoms with Gasteiger partial charge in [0.15, 0.2) is 5.96 Å². The van der Waals surface area contributed by atoms with Gasteiger partial charge in [0.1, 0.15) is 0 Å². The number of thiazole rings is 1. The molecule has 2 rings (SSSR count). The Bertz CT molecular complexity index is 477. The highest BCUT2D eigenvalue weighted by molar-refractivity contribution is 14.0. The molecule has 1 fully saturated rings. The van der Waals surface area contributed by atoms with Gasteiger partial charge in [0, 0.05) is 38.0 Å². The lowest BCUT2D eigenvalue weighted by molar-refractivity contribution is 0.157. The van der Waals surface area contributed by atoms with Gasteiger partial charge in [-0.3, -0.25) is 9.89 Å². The first-order valence-corrected chi connectivity index (χ1v) is 9.20. The fourth-order valence-electron chi connectivity index (χ4n) is 2.97. The number of aliphatic imine (C=N–C) groups is 1. The van der Waals surface area contributed by atoms with Crippen molar-refractivity contribution in [1.29, 1.82) is 0 Å². The minimum atomic E-state index is 0. The Labute approximate surface area is 161 Å². The number of nitrogens with one attached hydrogen (secondary N) is 2. The third-order valence-electron chi connectivity index (χ3n) is 4.22. The SMILES string of the molecule is CCN1CCCCC1CNC(=NC)NCCc1csc(C)n1.I. The highest BCUT2D eigenvalue weighted by Crippen LogP contribution is 2.15. The average Bonchev–Trinajstić information content (AvgIpc) is 2.96. The van der Waals surface area contributed by atoms with Crippen molar-refractivity contribution in [2.24, 2.45) is 4.99 Å². The summed E-state index contributed by atoms with van der Waals surface area (Å²) in [6.07, 6.45) is 4.91. The van der Waals surface area contributed by atoms with Crippen LogP contribution in [-0.4, -0.2) is 55.1 Å². The van der Waals surface area contributed by atoms with Crippen molar-refractivity contribution in [2.45, 2.75) is 45.6 Å². The van der Waals surface area contributed by atoms with Crippen LogP contribution in [0, 0.1) is 6.92 Å². The van der Waals surface area contributed by atoms with Crippen molar-refractivity contribution < 1.29 is 0 Å². The van der Waals surface area contributed by atoms with Crippen LogP contribution in [0.25, 0.3) is 0 Å². The van der Waals surface area contributed by atoms with E-state index in [9.17, 15) is 0 Å². The van der Waals surface area contributed by atoms with E-state index in [2.05, 4.69) is 37.8 Å². The van der Waals surface area contributed by atoms with E-state index in [1.54, 1.807) is 11.3 Å². The molecule has 0 spiro atoms. The van der Waals surface area contributed by atoms with E-state index < -0.39 is 0 Å². The second kappa shape index (κ2) is 11.2. The van der Waals surface area contributed by atoms with Crippen LogP contribution in [0.4, 0.5) is 0 Å². The number of guanidine groups is 1. The Balaban J connectivity index is 0.00000264. The van der Waals surface area contributed by atoms with Crippen molar-refractivity contribution in [3.05, 3.63) is 16.1 Å². The number of hydrogen-bond acceptors (Lipinski definition) is 4. The molecule has 0 saturated carbocycles. The predicted octanol–water partition coefficient (Wildman–Crippen LogP) is 2.65. The number of hydrogen-bond donors (Lipinski definition) is 2. The Hall–Kier alpha value is -0.410. The lowest BCUT2D eigenvalue weighted by Crippen LogP contribution is -2.49. The van der Waals surface area contributed by atoms with Crippen LogP contribution in [0.1, 0.15) is 36.9 Å². The standard InChI is InChI=1S/C16H29N5S.HI/c1-4-21-10-6-5-7-15(21)11-19-16(17-3)18-9-8-14-12-22-13(2)20-14;/h12,15H,4-11H2,1-3H3,(H2,17,18,19);1H. The van der Waals surface area contributed by atoms with Gasteiger partial charge < -0.3 is 10.6 Å². The van der Waals surface area contributed by atoms with Gasteiger partial charge in [0.25, 0.3) is 0 Å². The first-order chi connectivity index (χ1) is 10.7. The highest BCUT2D eigenvalue weighted by atomic mass is 127. The predicted molar refractivity (Wildman–Crippen MR) is 110 cm³/mol. The maximum Gasteiger partial charge on any atom is 0.191 e. The zero-order valence-corrected chi connectivity index (χ0v) is 17.6. The quantitative estimate of drug-likeness (QED) is 0.397. The number of aryl methyl sites for hydroxylation is 1. The normalized spacial score (nSPS) is 19.3. The van der Waals surface area contributed by atoms with E-state index >= 15 is 0 Å². The third-order valence-corrected chi connectivity index (χ3v) is 5.05. The molecule has 0 radical (unpaired) electrons. The summed E-state index contributed by atoms with van der Waals surface area (Å²) < 4.78 is 0. The summed E-state index contributed by atoms with van der Waals surface area (Å²) in [5, 5.41) is 10.1. The summed E-state index contributed by atoms with van der Waals surface area (Å²) in [5.74, 6) is 0.897. The Morgan fingerprint density at radius 2 is 2.26 bits per heavy atom. The van der Waals surface area contributed by atoms with Crippen LogP contribution in [0.2, 0.25) is 0 Å². The number of piperidine rings is 1. The van der Waals surface area contributed by atoms with Crippen molar-refractivity contribution >= 4 is 41.3 Å². The van der Waals surface area contributed by atoms with Crippen molar-refractivity contribution in [3.63, 3.8) is 0 Å². The third kappa shape index (κ3) is 6.93. The molecule has 1 atom stereocenters. The van der Waals surface area contributed by atoms with E-state index in [0.717, 1.165) is 42.7 Å². The molecule has 1 saturated heterocycles. The number of aromatic nitrogens is 1. The molecular weight excluding hydrogens is 421 g/mol. The molecule has 7 heteroatoms. The van der Waals surface area contributed by atoms with Crippen molar-refractivity contribution in [2.75, 3.05) is 33.2 Å². The van der Waals surface area contributed by atoms with Gasteiger partial charge in [-0.1, -0.05) is 13.3 Å². The van der Waals surface area contributed by atoms with Crippen LogP contribution in [0.5, 0.6) is 0 Å². The van der Waals surface area contributed by atoms with E-state index in [4.69, 9.17) is 0 Å². The first kappa shape index (κ1) is 20.6. The van der Waals surface area contributed by atoms with Crippen molar-refractivity contribution in [1.82, 2.24) is 20.5 Å². The van der Waals surface area contributed by atoms with E-state index in [1.165, 1.54) is 25.8 Å². The molecule has 1 unspecified atom stereocenters. The summed E-state index contributed by atoms with van der Waals surface area (Å²) in [4.78, 5) is 11.4. The van der Waals surface area contributed by atoms with Crippen LogP contribution < -0.4 is 10.6 Å². The van der Waals surface area contributed by atoms with Crippen LogP contribution in [0.3, 0.4) is 0 Å². The average molecular weight is 451 g/mol. The topological polar surface area (TPSA) is 52.5 Å². The van der Waals surface area contributed by atoms with Crippen LogP contribution in [0.15, 0.2) is 10.4 Å². The molecule has 1 aromatic heterocycles. The fraction of sp³-hybridized carbons (Fsp3) is 0.750. The maximum atomic E-state index is 4.49. The number of rotatable bonds is 6. The first-order valence-electron chi connectivity index (χ1n) is 8.32. The number of likely N-dealkylation sites (tertiary alicyclic amines) is 1. The molecular formula is C16H30IN5S. The minimum Gasteiger partial charge on any atom is -0.356 e. The largest absolute Gasteiger partial charge is 0.356 e. The van der Waals surface area contributed by atoms with Crippen LogP contribution >= 0.6 is 35.3 Å². The van der Waals surface area contributed by atoms with Gasteiger partial charge >= 0.3 is 0 Å². The Morgan fingerprint density at radius 3 is 2.91 bits per heavy atom. The zero-order chi connectivity index (χ0) is 15.8. The summed E-state index contributed by atoms with van der Waals surface area (Å²) in [6, 6.07) is 0.637. The highest BCUT2D eigenvalue weighted by Gasteiger charge is 2.20. The summed E-state index contributed by atoms with van der Waals surface area (Å²) in [7, 11) is 1.83. The van der Waals surface area contributed by atoms with Gasteiger partial charge in [-0.05, 0) is 32.9 Å². The van der Waals surface area contributed by atoms with E-state index in [0.29, 0.717) is 6.04 Å². The van der Waals surface area contributed by atoms with Gasteiger partial charge in [0.2, 0.25) is 0 Å². The molecule has 2 N–H and O–H groups in total. The number of halogens is 1. The molecule has 2 heterocycles. The molecule has 0 bridgehead atoms.